The van der Waals surface area contributed by atoms with Crippen LogP contribution < -0.4 is 0 Å². The Morgan fingerprint density at radius 1 is 1.06 bits per heavy atom. The topological polar surface area (TPSA) is 0 Å². The van der Waals surface area contributed by atoms with E-state index in [4.69, 9.17) is 6.58 Å². The molecule has 0 saturated carbocycles. The molecule has 0 saturated heterocycles. The van der Waals surface area contributed by atoms with Crippen molar-refractivity contribution in [3.8, 4) is 0 Å². The van der Waals surface area contributed by atoms with Gasteiger partial charge in [-0.1, -0.05) is 20.8 Å². The first kappa shape index (κ1) is 43.1. The maximum Gasteiger partial charge on any atom is 0 e. The second-order valence-electron chi connectivity index (χ2n) is 2.97. The minimum absolute atomic E-state index is 0. The van der Waals surface area contributed by atoms with Crippen molar-refractivity contribution in [1.29, 1.82) is 0 Å². The molecule has 0 bridgehead atoms. The van der Waals surface area contributed by atoms with Gasteiger partial charge in [-0.2, -0.15) is 11.6 Å². The fourth-order valence-electron chi connectivity index (χ4n) is 0.796. The van der Waals surface area contributed by atoms with Crippen molar-refractivity contribution in [2.45, 2.75) is 27.2 Å². The Labute approximate surface area is 134 Å². The predicted molar refractivity (Wildman–Crippen MR) is 86.6 cm³/mol. The van der Waals surface area contributed by atoms with E-state index >= 15 is 0 Å². The Kier molecular flexibility index (Phi) is 72.0. The van der Waals surface area contributed by atoms with Gasteiger partial charge >= 0.3 is 0 Å². The minimum Gasteiger partial charge on any atom is -0.358 e. The summed E-state index contributed by atoms with van der Waals surface area (Å²) in [6.07, 6.45) is 11.9. The Hall–Kier alpha value is -0.326. The van der Waals surface area contributed by atoms with Gasteiger partial charge in [0.15, 0.2) is 0 Å². The third kappa shape index (κ3) is 44.9. The molecule has 0 N–H and O–H groups in total. The van der Waals surface area contributed by atoms with Gasteiger partial charge in [0.05, 0.1) is 0 Å². The normalized spacial score (nSPS) is 7.94. The summed E-state index contributed by atoms with van der Waals surface area (Å²) in [6.45, 7) is 11.3. The summed E-state index contributed by atoms with van der Waals surface area (Å²) in [5.74, 6) is 0. The zero-order valence-corrected chi connectivity index (χ0v) is 15.2. The summed E-state index contributed by atoms with van der Waals surface area (Å²) in [5, 5.41) is 0. The molecule has 0 aliphatic heterocycles. The first-order valence-corrected chi connectivity index (χ1v) is 4.08. The van der Waals surface area contributed by atoms with Gasteiger partial charge < -0.3 is 37.1 Å². The molecule has 1 aliphatic carbocycles. The number of rotatable bonds is 1. The van der Waals surface area contributed by atoms with Crippen LogP contribution in [0.15, 0.2) is 35.5 Å². The summed E-state index contributed by atoms with van der Waals surface area (Å²) < 4.78 is 0. The van der Waals surface area contributed by atoms with Crippen LogP contribution in [-0.4, -0.2) is 0 Å². The van der Waals surface area contributed by atoms with E-state index in [9.17, 15) is 0 Å². The Bertz CT molecular complexity index is 206. The summed E-state index contributed by atoms with van der Waals surface area (Å²) in [6, 6.07) is 0. The molecule has 1 heteroatoms. The van der Waals surface area contributed by atoms with Crippen LogP contribution >= 0.6 is 0 Å². The standard InChI is InChI=1S/C7H11.C5H5.5CH3.Ti/c1-6(2)5-7(3)4;1-2-4-5-3-1;;;;;;/h1,5H,2-4H3;1-3H,4H2;5*1H3;/q7*-1;. The Morgan fingerprint density at radius 2 is 1.50 bits per heavy atom. The van der Waals surface area contributed by atoms with Crippen molar-refractivity contribution in [3.63, 3.8) is 0 Å². The van der Waals surface area contributed by atoms with Gasteiger partial charge in [0.25, 0.3) is 0 Å². The molecule has 0 aromatic rings. The smallest absolute Gasteiger partial charge is 0 e. The summed E-state index contributed by atoms with van der Waals surface area (Å²) in [7, 11) is 0. The second-order valence-corrected chi connectivity index (χ2v) is 2.97. The fourth-order valence-corrected chi connectivity index (χ4v) is 0.796. The molecule has 1 rings (SSSR count). The van der Waals surface area contributed by atoms with Gasteiger partial charge in [-0.15, -0.1) is 6.42 Å². The summed E-state index contributed by atoms with van der Waals surface area (Å²) >= 11 is 0. The maximum atomic E-state index is 5.33. The SMILES string of the molecule is [C-]1=CC=CC1.[CH-]=C(C)C=C(C)C.[CH3-].[CH3-].[CH3-].[CH3-].[CH3-].[Ti]. The number of hydrogen-bond donors (Lipinski definition) is 0. The van der Waals surface area contributed by atoms with Crippen LogP contribution in [-0.2, 0) is 21.7 Å². The molecule has 0 nitrogen and oxygen atoms in total. The largest absolute Gasteiger partial charge is 0.358 e. The molecule has 110 valence electrons. The van der Waals surface area contributed by atoms with Crippen molar-refractivity contribution < 1.29 is 21.7 Å². The van der Waals surface area contributed by atoms with E-state index in [-0.39, 0.29) is 58.9 Å². The maximum absolute atomic E-state index is 5.33. The molecule has 0 amide bonds. The van der Waals surface area contributed by atoms with Crippen molar-refractivity contribution >= 4 is 0 Å². The zero-order valence-electron chi connectivity index (χ0n) is 13.6. The Balaban J connectivity index is -0.0000000205. The van der Waals surface area contributed by atoms with Gasteiger partial charge in [-0.25, -0.2) is 23.8 Å². The molecule has 0 spiro atoms. The average Bonchev–Trinajstić information content (AvgIpc) is 2.36. The fraction of sp³-hybridized carbons (Fsp3) is 0.235. The van der Waals surface area contributed by atoms with E-state index < -0.39 is 0 Å². The molecule has 0 atom stereocenters. The molecular formula is C17H31Ti-7. The zero-order chi connectivity index (χ0) is 9.40. The molecule has 0 aromatic carbocycles. The van der Waals surface area contributed by atoms with E-state index in [1.807, 2.05) is 39.0 Å². The van der Waals surface area contributed by atoms with Crippen LogP contribution in [0.2, 0.25) is 0 Å². The van der Waals surface area contributed by atoms with Crippen LogP contribution in [0.5, 0.6) is 0 Å². The number of allylic oxidation sites excluding steroid dienone is 7. The van der Waals surface area contributed by atoms with Gasteiger partial charge in [0.2, 0.25) is 0 Å². The monoisotopic (exact) mass is 283 g/mol. The van der Waals surface area contributed by atoms with Gasteiger partial charge in [0, 0.05) is 21.7 Å². The third-order valence-corrected chi connectivity index (χ3v) is 1.10. The molecule has 0 unspecified atom stereocenters. The first-order valence-electron chi connectivity index (χ1n) is 4.08. The van der Waals surface area contributed by atoms with E-state index in [0.717, 1.165) is 12.0 Å². The predicted octanol–water partition coefficient (Wildman–Crippen LogP) is 5.89. The van der Waals surface area contributed by atoms with Gasteiger partial charge in [-0.3, -0.25) is 12.7 Å². The van der Waals surface area contributed by atoms with Crippen molar-refractivity contribution in [1.82, 2.24) is 0 Å². The minimum atomic E-state index is 0. The van der Waals surface area contributed by atoms with Crippen LogP contribution in [0.25, 0.3) is 0 Å². The number of hydrogen-bond acceptors (Lipinski definition) is 0. The average molecular weight is 283 g/mol. The van der Waals surface area contributed by atoms with E-state index in [1.54, 1.807) is 0 Å². The molecule has 18 heavy (non-hydrogen) atoms. The van der Waals surface area contributed by atoms with Crippen LogP contribution in [0.3, 0.4) is 0 Å². The van der Waals surface area contributed by atoms with E-state index in [0.29, 0.717) is 0 Å². The molecular weight excluding hydrogens is 252 g/mol. The third-order valence-electron chi connectivity index (χ3n) is 1.10. The van der Waals surface area contributed by atoms with Gasteiger partial charge in [-0.05, 0) is 0 Å². The van der Waals surface area contributed by atoms with E-state index in [1.165, 1.54) is 5.57 Å². The first-order chi connectivity index (χ1) is 5.63. The molecule has 0 heterocycles. The van der Waals surface area contributed by atoms with Crippen LogP contribution in [0.1, 0.15) is 27.2 Å². The quantitative estimate of drug-likeness (QED) is 0.320. The Morgan fingerprint density at radius 3 is 1.56 bits per heavy atom. The molecule has 0 fully saturated rings. The molecule has 0 aromatic heterocycles. The summed E-state index contributed by atoms with van der Waals surface area (Å²) in [4.78, 5) is 0. The van der Waals surface area contributed by atoms with Crippen molar-refractivity contribution in [2.75, 3.05) is 0 Å². The van der Waals surface area contributed by atoms with Gasteiger partial charge in [0.1, 0.15) is 0 Å². The van der Waals surface area contributed by atoms with Crippen LogP contribution in [0.4, 0.5) is 0 Å². The van der Waals surface area contributed by atoms with Crippen LogP contribution in [0, 0.1) is 49.8 Å². The van der Waals surface area contributed by atoms with Crippen molar-refractivity contribution in [2.24, 2.45) is 0 Å². The molecule has 0 radical (unpaired) electrons. The van der Waals surface area contributed by atoms with E-state index in [2.05, 4.69) is 12.2 Å². The molecule has 1 aliphatic rings. The van der Waals surface area contributed by atoms with Crippen molar-refractivity contribution in [3.05, 3.63) is 85.2 Å². The summed E-state index contributed by atoms with van der Waals surface area (Å²) in [5.41, 5.74) is 2.13. The second kappa shape index (κ2) is 30.1.